The van der Waals surface area contributed by atoms with E-state index in [1.54, 1.807) is 4.68 Å². The summed E-state index contributed by atoms with van der Waals surface area (Å²) < 4.78 is 1.73. The van der Waals surface area contributed by atoms with Gasteiger partial charge in [-0.25, -0.2) is 9.67 Å². The fourth-order valence-electron chi connectivity index (χ4n) is 4.54. The molecule has 0 bridgehead atoms. The number of pyridine rings is 1. The minimum absolute atomic E-state index is 0.0934. The van der Waals surface area contributed by atoms with Gasteiger partial charge in [-0.05, 0) is 50.9 Å². The second-order valence-electron chi connectivity index (χ2n) is 8.27. The predicted molar refractivity (Wildman–Crippen MR) is 112 cm³/mol. The molecule has 0 unspecified atom stereocenters. The van der Waals surface area contributed by atoms with E-state index in [9.17, 15) is 4.79 Å². The van der Waals surface area contributed by atoms with Crippen LogP contribution in [0.4, 0.5) is 5.82 Å². The molecule has 1 amide bonds. The highest BCUT2D eigenvalue weighted by molar-refractivity contribution is 6.04. The summed E-state index contributed by atoms with van der Waals surface area (Å²) in [5, 5.41) is 11.8. The van der Waals surface area contributed by atoms with Gasteiger partial charge in [-0.15, -0.1) is 0 Å². The van der Waals surface area contributed by atoms with Crippen LogP contribution in [0.25, 0.3) is 11.0 Å². The lowest BCUT2D eigenvalue weighted by molar-refractivity contribution is 0.0925. The van der Waals surface area contributed by atoms with Crippen LogP contribution in [0.3, 0.4) is 0 Å². The van der Waals surface area contributed by atoms with Crippen LogP contribution < -0.4 is 15.5 Å². The molecule has 28 heavy (non-hydrogen) atoms. The predicted octanol–water partition coefficient (Wildman–Crippen LogP) is 2.61. The lowest BCUT2D eigenvalue weighted by atomic mass is 10.1. The van der Waals surface area contributed by atoms with Crippen LogP contribution in [-0.2, 0) is 7.05 Å². The van der Waals surface area contributed by atoms with Crippen LogP contribution in [0.5, 0.6) is 0 Å². The minimum Gasteiger partial charge on any atom is -0.357 e. The lowest BCUT2D eigenvalue weighted by Crippen LogP contribution is -2.42. The van der Waals surface area contributed by atoms with Crippen molar-refractivity contribution in [3.05, 3.63) is 17.8 Å². The average molecular weight is 385 g/mol. The molecule has 7 heteroatoms. The summed E-state index contributed by atoms with van der Waals surface area (Å²) >= 11 is 0. The number of amides is 1. The van der Waals surface area contributed by atoms with Crippen molar-refractivity contribution < 1.29 is 4.79 Å². The Kier molecular flexibility index (Phi) is 5.80. The third-order valence-electron chi connectivity index (χ3n) is 6.30. The van der Waals surface area contributed by atoms with E-state index in [2.05, 4.69) is 27.7 Å². The quantitative estimate of drug-likeness (QED) is 0.793. The molecular weight excluding hydrogens is 352 g/mol. The number of fused-ring (bicyclic) bond motifs is 1. The van der Waals surface area contributed by atoms with Crippen LogP contribution in [-0.4, -0.2) is 52.9 Å². The molecule has 0 aromatic carbocycles. The molecule has 2 aromatic rings. The summed E-state index contributed by atoms with van der Waals surface area (Å²) in [7, 11) is 4.01. The highest BCUT2D eigenvalue weighted by atomic mass is 16.2. The molecule has 2 aromatic heterocycles. The van der Waals surface area contributed by atoms with Crippen LogP contribution >= 0.6 is 0 Å². The van der Waals surface area contributed by atoms with Gasteiger partial charge in [-0.1, -0.05) is 25.7 Å². The van der Waals surface area contributed by atoms with Crippen LogP contribution in [0.15, 0.2) is 12.1 Å². The monoisotopic (exact) mass is 384 g/mol. The number of nitrogens with zero attached hydrogens (tertiary/aromatic N) is 4. The molecule has 1 aliphatic heterocycles. The molecule has 1 aliphatic carbocycles. The number of piperidine rings is 1. The Bertz CT molecular complexity index is 818. The van der Waals surface area contributed by atoms with Crippen LogP contribution in [0.1, 0.15) is 61.9 Å². The molecule has 1 saturated carbocycles. The van der Waals surface area contributed by atoms with E-state index in [1.165, 1.54) is 38.5 Å². The zero-order valence-corrected chi connectivity index (χ0v) is 17.1. The highest BCUT2D eigenvalue weighted by Crippen LogP contribution is 2.26. The largest absolute Gasteiger partial charge is 0.357 e. The fourth-order valence-corrected chi connectivity index (χ4v) is 4.54. The molecule has 3 heterocycles. The smallest absolute Gasteiger partial charge is 0.272 e. The number of carbonyl (C=O) groups excluding carboxylic acids is 1. The Hall–Kier alpha value is -2.15. The third-order valence-corrected chi connectivity index (χ3v) is 6.30. The van der Waals surface area contributed by atoms with Crippen molar-refractivity contribution >= 4 is 22.8 Å². The topological polar surface area (TPSA) is 75.1 Å². The van der Waals surface area contributed by atoms with Gasteiger partial charge in [0.25, 0.3) is 5.91 Å². The van der Waals surface area contributed by atoms with Gasteiger partial charge in [0.05, 0.1) is 5.39 Å². The summed E-state index contributed by atoms with van der Waals surface area (Å²) in [4.78, 5) is 20.0. The highest BCUT2D eigenvalue weighted by Gasteiger charge is 2.23. The molecule has 1 saturated heterocycles. The Morgan fingerprint density at radius 2 is 1.86 bits per heavy atom. The number of hydrogen-bond acceptors (Lipinski definition) is 5. The van der Waals surface area contributed by atoms with E-state index in [0.717, 1.165) is 42.8 Å². The van der Waals surface area contributed by atoms with E-state index in [4.69, 9.17) is 4.98 Å². The summed E-state index contributed by atoms with van der Waals surface area (Å²) in [6, 6.07) is 4.81. The summed E-state index contributed by atoms with van der Waals surface area (Å²) in [5.41, 5.74) is 1.25. The molecular formula is C21H32N6O. The maximum absolute atomic E-state index is 12.8. The molecule has 4 rings (SSSR count). The van der Waals surface area contributed by atoms with E-state index in [0.29, 0.717) is 11.7 Å². The summed E-state index contributed by atoms with van der Waals surface area (Å²) in [6.07, 6.45) is 9.66. The number of aromatic nitrogens is 3. The molecule has 2 N–H and O–H groups in total. The first-order chi connectivity index (χ1) is 13.6. The lowest BCUT2D eigenvalue weighted by Gasteiger charge is -2.28. The number of hydrogen-bond donors (Lipinski definition) is 2. The van der Waals surface area contributed by atoms with Crippen LogP contribution in [0.2, 0.25) is 0 Å². The van der Waals surface area contributed by atoms with Gasteiger partial charge >= 0.3 is 0 Å². The van der Waals surface area contributed by atoms with Crippen molar-refractivity contribution in [3.63, 3.8) is 0 Å². The third kappa shape index (κ3) is 3.99. The first kappa shape index (κ1) is 19.2. The fraction of sp³-hybridized carbons (Fsp3) is 0.667. The van der Waals surface area contributed by atoms with Gasteiger partial charge < -0.3 is 15.5 Å². The van der Waals surface area contributed by atoms with Crippen LogP contribution in [0, 0.1) is 0 Å². The molecule has 0 spiro atoms. The van der Waals surface area contributed by atoms with Gasteiger partial charge in [-0.3, -0.25) is 4.79 Å². The van der Waals surface area contributed by atoms with Gasteiger partial charge in [0.2, 0.25) is 0 Å². The van der Waals surface area contributed by atoms with E-state index in [1.807, 2.05) is 19.2 Å². The zero-order valence-electron chi connectivity index (χ0n) is 17.1. The minimum atomic E-state index is -0.0934. The van der Waals surface area contributed by atoms with Crippen molar-refractivity contribution in [2.45, 2.75) is 63.5 Å². The van der Waals surface area contributed by atoms with Crippen molar-refractivity contribution in [1.29, 1.82) is 0 Å². The number of anilines is 1. The Labute approximate surface area is 166 Å². The number of carbonyl (C=O) groups is 1. The maximum atomic E-state index is 12.8. The molecule has 2 fully saturated rings. The number of nitrogens with one attached hydrogen (secondary N) is 2. The van der Waals surface area contributed by atoms with Crippen molar-refractivity contribution in [2.24, 2.45) is 7.05 Å². The average Bonchev–Trinajstić information content (AvgIpc) is 2.88. The van der Waals surface area contributed by atoms with Gasteiger partial charge in [0.1, 0.15) is 5.82 Å². The number of aryl methyl sites for hydroxylation is 1. The Balaban J connectivity index is 1.55. The number of rotatable bonds is 4. The van der Waals surface area contributed by atoms with Gasteiger partial charge in [0.15, 0.2) is 11.3 Å². The second-order valence-corrected chi connectivity index (χ2v) is 8.27. The van der Waals surface area contributed by atoms with E-state index >= 15 is 0 Å². The van der Waals surface area contributed by atoms with Gasteiger partial charge in [-0.2, -0.15) is 5.10 Å². The molecule has 0 atom stereocenters. The summed E-state index contributed by atoms with van der Waals surface area (Å²) in [6.45, 7) is 1.90. The van der Waals surface area contributed by atoms with Crippen molar-refractivity contribution in [3.8, 4) is 0 Å². The normalized spacial score (nSPS) is 19.5. The van der Waals surface area contributed by atoms with Crippen molar-refractivity contribution in [1.82, 2.24) is 25.4 Å². The standard InChI is InChI=1S/C21H32N6O/c1-26(16-7-5-3-4-6-8-16)18-10-9-17-19(25-27(2)20(17)24-18)21(28)23-15-11-13-22-14-12-15/h9-10,15-16,22H,3-8,11-14H2,1-2H3,(H,23,28). The SMILES string of the molecule is CN(c1ccc2c(C(=O)NC3CCNCC3)nn(C)c2n1)C1CCCCCC1. The first-order valence-corrected chi connectivity index (χ1v) is 10.7. The molecule has 7 nitrogen and oxygen atoms in total. The molecule has 2 aliphatic rings. The van der Waals surface area contributed by atoms with Gasteiger partial charge in [0, 0.05) is 26.2 Å². The Morgan fingerprint density at radius 1 is 1.14 bits per heavy atom. The van der Waals surface area contributed by atoms with E-state index < -0.39 is 0 Å². The van der Waals surface area contributed by atoms with Crippen molar-refractivity contribution in [2.75, 3.05) is 25.0 Å². The maximum Gasteiger partial charge on any atom is 0.272 e. The van der Waals surface area contributed by atoms with E-state index in [-0.39, 0.29) is 11.9 Å². The summed E-state index contributed by atoms with van der Waals surface area (Å²) in [5.74, 6) is 0.872. The first-order valence-electron chi connectivity index (χ1n) is 10.7. The molecule has 152 valence electrons. The second kappa shape index (κ2) is 8.47. The molecule has 0 radical (unpaired) electrons. The zero-order chi connectivity index (χ0) is 19.5. The Morgan fingerprint density at radius 3 is 2.57 bits per heavy atom.